The van der Waals surface area contributed by atoms with Crippen molar-refractivity contribution in [2.24, 2.45) is 5.73 Å². The lowest BCUT2D eigenvalue weighted by molar-refractivity contribution is -0.384. The first kappa shape index (κ1) is 16.2. The molecule has 1 atom stereocenters. The van der Waals surface area contributed by atoms with Gasteiger partial charge in [0, 0.05) is 18.6 Å². The Kier molecular flexibility index (Phi) is 5.29. The van der Waals surface area contributed by atoms with E-state index >= 15 is 0 Å². The number of amides is 1. The molecule has 0 spiro atoms. The predicted octanol–water partition coefficient (Wildman–Crippen LogP) is 1.48. The van der Waals surface area contributed by atoms with Crippen LogP contribution in [0.3, 0.4) is 0 Å². The second-order valence-corrected chi connectivity index (χ2v) is 4.82. The number of nitro groups is 1. The number of rotatable bonds is 7. The molecule has 1 aromatic rings. The van der Waals surface area contributed by atoms with Crippen LogP contribution in [0.25, 0.3) is 0 Å². The maximum Gasteiger partial charge on any atom is 0.271 e. The number of carbonyl (C=O) groups excluding carboxylic acids is 1. The molecule has 1 amide bonds. The number of ether oxygens (including phenoxy) is 1. The van der Waals surface area contributed by atoms with Crippen LogP contribution in [0, 0.1) is 10.1 Å². The topological polar surface area (TPSA) is 107 Å². The highest BCUT2D eigenvalue weighted by Crippen LogP contribution is 2.29. The molecule has 0 radical (unpaired) electrons. The maximum absolute atomic E-state index is 11.3. The molecule has 20 heavy (non-hydrogen) atoms. The fraction of sp³-hybridized carbons (Fsp3) is 0.417. The number of halogens is 1. The number of likely N-dealkylation sites (N-methyl/N-ethyl adjacent to an activating group) is 1. The van der Waals surface area contributed by atoms with Crippen molar-refractivity contribution < 1.29 is 14.5 Å². The van der Waals surface area contributed by atoms with Crippen molar-refractivity contribution in [1.82, 2.24) is 5.32 Å². The lowest BCUT2D eigenvalue weighted by Crippen LogP contribution is -2.52. The normalized spacial score (nSPS) is 13.6. The highest BCUT2D eigenvalue weighted by atomic mass is 35.5. The van der Waals surface area contributed by atoms with Gasteiger partial charge in [-0.25, -0.2) is 0 Å². The molecule has 0 aliphatic carbocycles. The molecule has 8 heteroatoms. The standard InChI is InChI=1S/C12H16ClN3O4/c1-12(15-2,11(14)17)5-6-20-10-4-3-8(16(18)19)7-9(10)13/h3-4,7,15H,5-6H2,1-2H3,(H2,14,17). The third-order valence-corrected chi connectivity index (χ3v) is 3.38. The summed E-state index contributed by atoms with van der Waals surface area (Å²) in [6.07, 6.45) is 0.339. The predicted molar refractivity (Wildman–Crippen MR) is 74.9 cm³/mol. The van der Waals surface area contributed by atoms with E-state index in [1.807, 2.05) is 0 Å². The van der Waals surface area contributed by atoms with E-state index in [2.05, 4.69) is 5.32 Å². The lowest BCUT2D eigenvalue weighted by Gasteiger charge is -2.25. The van der Waals surface area contributed by atoms with Gasteiger partial charge in [0.15, 0.2) is 0 Å². The smallest absolute Gasteiger partial charge is 0.271 e. The number of nitrogens with two attached hydrogens (primary N) is 1. The first-order valence-corrected chi connectivity index (χ1v) is 6.23. The quantitative estimate of drug-likeness (QED) is 0.586. The van der Waals surface area contributed by atoms with Gasteiger partial charge in [0.05, 0.1) is 22.1 Å². The summed E-state index contributed by atoms with van der Waals surface area (Å²) in [5, 5.41) is 13.5. The number of nitrogens with one attached hydrogen (secondary N) is 1. The molecule has 1 unspecified atom stereocenters. The molecule has 0 aromatic heterocycles. The SMILES string of the molecule is CNC(C)(CCOc1ccc([N+](=O)[O-])cc1Cl)C(N)=O. The summed E-state index contributed by atoms with van der Waals surface area (Å²) >= 11 is 5.88. The van der Waals surface area contributed by atoms with Crippen LogP contribution in [0.1, 0.15) is 13.3 Å². The Hall–Kier alpha value is -1.86. The van der Waals surface area contributed by atoms with E-state index in [1.54, 1.807) is 14.0 Å². The van der Waals surface area contributed by atoms with Gasteiger partial charge < -0.3 is 15.8 Å². The number of hydrogen-bond donors (Lipinski definition) is 2. The number of hydrogen-bond acceptors (Lipinski definition) is 5. The summed E-state index contributed by atoms with van der Waals surface area (Å²) in [6, 6.07) is 3.93. The zero-order valence-corrected chi connectivity index (χ0v) is 11.9. The van der Waals surface area contributed by atoms with Gasteiger partial charge in [-0.2, -0.15) is 0 Å². The molecule has 1 rings (SSSR count). The molecule has 0 saturated heterocycles. The van der Waals surface area contributed by atoms with Crippen LogP contribution in [0.5, 0.6) is 5.75 Å². The Morgan fingerprint density at radius 1 is 1.60 bits per heavy atom. The van der Waals surface area contributed by atoms with E-state index in [1.165, 1.54) is 18.2 Å². The molecule has 0 saturated carbocycles. The van der Waals surface area contributed by atoms with Gasteiger partial charge in [0.1, 0.15) is 5.75 Å². The van der Waals surface area contributed by atoms with Gasteiger partial charge in [-0.1, -0.05) is 11.6 Å². The fourth-order valence-electron chi connectivity index (χ4n) is 1.46. The van der Waals surface area contributed by atoms with Gasteiger partial charge in [-0.3, -0.25) is 14.9 Å². The molecule has 0 bridgehead atoms. The molecule has 1 aromatic carbocycles. The second kappa shape index (κ2) is 6.53. The van der Waals surface area contributed by atoms with Gasteiger partial charge in [0.25, 0.3) is 5.69 Å². The van der Waals surface area contributed by atoms with Crippen molar-refractivity contribution >= 4 is 23.2 Å². The number of carbonyl (C=O) groups is 1. The summed E-state index contributed by atoms with van der Waals surface area (Å²) in [5.74, 6) is -0.168. The maximum atomic E-state index is 11.3. The second-order valence-electron chi connectivity index (χ2n) is 4.42. The first-order chi connectivity index (χ1) is 9.30. The van der Waals surface area contributed by atoms with E-state index in [0.717, 1.165) is 0 Å². The Morgan fingerprint density at radius 2 is 2.25 bits per heavy atom. The number of benzene rings is 1. The first-order valence-electron chi connectivity index (χ1n) is 5.85. The van der Waals surface area contributed by atoms with E-state index in [4.69, 9.17) is 22.1 Å². The van der Waals surface area contributed by atoms with Crippen LogP contribution in [-0.2, 0) is 4.79 Å². The van der Waals surface area contributed by atoms with E-state index in [9.17, 15) is 14.9 Å². The molecule has 0 heterocycles. The fourth-order valence-corrected chi connectivity index (χ4v) is 1.69. The monoisotopic (exact) mass is 301 g/mol. The Balaban J connectivity index is 2.67. The van der Waals surface area contributed by atoms with E-state index in [0.29, 0.717) is 12.2 Å². The van der Waals surface area contributed by atoms with Crippen LogP contribution in [0.15, 0.2) is 18.2 Å². The minimum absolute atomic E-state index is 0.112. The third kappa shape index (κ3) is 3.82. The number of primary amides is 1. The molecular weight excluding hydrogens is 286 g/mol. The van der Waals surface area contributed by atoms with Crippen LogP contribution < -0.4 is 15.8 Å². The van der Waals surface area contributed by atoms with Gasteiger partial charge in [0.2, 0.25) is 5.91 Å². The van der Waals surface area contributed by atoms with Crippen molar-refractivity contribution in [2.75, 3.05) is 13.7 Å². The van der Waals surface area contributed by atoms with Gasteiger partial charge in [-0.15, -0.1) is 0 Å². The minimum atomic E-state index is -0.882. The highest BCUT2D eigenvalue weighted by Gasteiger charge is 2.28. The molecule has 0 aliphatic rings. The molecular formula is C12H16ClN3O4. The highest BCUT2D eigenvalue weighted by molar-refractivity contribution is 6.32. The third-order valence-electron chi connectivity index (χ3n) is 3.08. The summed E-state index contributed by atoms with van der Waals surface area (Å²) in [5.41, 5.74) is 4.29. The number of nitrogens with zero attached hydrogens (tertiary/aromatic N) is 1. The summed E-state index contributed by atoms with van der Waals surface area (Å²) < 4.78 is 5.42. The lowest BCUT2D eigenvalue weighted by atomic mass is 9.98. The average molecular weight is 302 g/mol. The van der Waals surface area contributed by atoms with Crippen molar-refractivity contribution in [2.45, 2.75) is 18.9 Å². The molecule has 7 nitrogen and oxygen atoms in total. The molecule has 0 aliphatic heterocycles. The van der Waals surface area contributed by atoms with Crippen LogP contribution in [0.2, 0.25) is 5.02 Å². The summed E-state index contributed by atoms with van der Waals surface area (Å²) in [6.45, 7) is 1.86. The van der Waals surface area contributed by atoms with Crippen molar-refractivity contribution in [3.8, 4) is 5.75 Å². The van der Waals surface area contributed by atoms with Crippen LogP contribution in [-0.4, -0.2) is 30.0 Å². The van der Waals surface area contributed by atoms with Crippen LogP contribution >= 0.6 is 11.6 Å². The number of non-ortho nitro benzene ring substituents is 1. The Labute approximate surface area is 121 Å². The zero-order chi connectivity index (χ0) is 15.3. The largest absolute Gasteiger partial charge is 0.492 e. The van der Waals surface area contributed by atoms with Crippen LogP contribution in [0.4, 0.5) is 5.69 Å². The molecule has 3 N–H and O–H groups in total. The van der Waals surface area contributed by atoms with Gasteiger partial charge >= 0.3 is 0 Å². The zero-order valence-electron chi connectivity index (χ0n) is 11.2. The van der Waals surface area contributed by atoms with E-state index < -0.39 is 16.4 Å². The average Bonchev–Trinajstić information content (AvgIpc) is 2.39. The number of nitro benzene ring substituents is 1. The minimum Gasteiger partial charge on any atom is -0.492 e. The summed E-state index contributed by atoms with van der Waals surface area (Å²) in [4.78, 5) is 21.3. The summed E-state index contributed by atoms with van der Waals surface area (Å²) in [7, 11) is 1.63. The Bertz CT molecular complexity index is 523. The Morgan fingerprint density at radius 3 is 2.70 bits per heavy atom. The van der Waals surface area contributed by atoms with Gasteiger partial charge in [-0.05, 0) is 20.0 Å². The molecule has 0 fully saturated rings. The molecule has 110 valence electrons. The van der Waals surface area contributed by atoms with Crippen molar-refractivity contribution in [1.29, 1.82) is 0 Å². The van der Waals surface area contributed by atoms with Crippen molar-refractivity contribution in [3.63, 3.8) is 0 Å². The van der Waals surface area contributed by atoms with Crippen molar-refractivity contribution in [3.05, 3.63) is 33.3 Å². The van der Waals surface area contributed by atoms with E-state index in [-0.39, 0.29) is 17.3 Å².